The van der Waals surface area contributed by atoms with Gasteiger partial charge in [-0.1, -0.05) is 0 Å². The fourth-order valence-electron chi connectivity index (χ4n) is 1.72. The third kappa shape index (κ3) is 4.83. The van der Waals surface area contributed by atoms with Crippen molar-refractivity contribution in [3.63, 3.8) is 0 Å². The summed E-state index contributed by atoms with van der Waals surface area (Å²) in [6.45, 7) is 0.638. The van der Waals surface area contributed by atoms with Gasteiger partial charge >= 0.3 is 6.18 Å². The van der Waals surface area contributed by atoms with Crippen molar-refractivity contribution >= 4 is 5.91 Å². The summed E-state index contributed by atoms with van der Waals surface area (Å²) >= 11 is 0. The van der Waals surface area contributed by atoms with Crippen LogP contribution in [0.1, 0.15) is 25.7 Å². The number of rotatable bonds is 4. The number of hydrogen-bond acceptors (Lipinski definition) is 2. The van der Waals surface area contributed by atoms with Crippen LogP contribution in [-0.4, -0.2) is 43.2 Å². The summed E-state index contributed by atoms with van der Waals surface area (Å²) in [4.78, 5) is 12.7. The van der Waals surface area contributed by atoms with Gasteiger partial charge in [-0.25, -0.2) is 0 Å². The van der Waals surface area contributed by atoms with Gasteiger partial charge in [-0.3, -0.25) is 4.79 Å². The molecule has 0 radical (unpaired) electrons. The molecule has 0 spiro atoms. The van der Waals surface area contributed by atoms with Gasteiger partial charge in [0.15, 0.2) is 0 Å². The fourth-order valence-corrected chi connectivity index (χ4v) is 1.72. The molecule has 1 amide bonds. The molecule has 0 bridgehead atoms. The third-order valence-corrected chi connectivity index (χ3v) is 2.74. The van der Waals surface area contributed by atoms with E-state index in [1.54, 1.807) is 0 Å². The molecule has 1 N–H and O–H groups in total. The van der Waals surface area contributed by atoms with Crippen LogP contribution in [0.25, 0.3) is 0 Å². The van der Waals surface area contributed by atoms with Crippen molar-refractivity contribution < 1.29 is 18.0 Å². The van der Waals surface area contributed by atoms with E-state index in [9.17, 15) is 18.0 Å². The summed E-state index contributed by atoms with van der Waals surface area (Å²) in [6, 6.07) is 0.140. The average Bonchev–Trinajstić information content (AvgIpc) is 2.65. The maximum absolute atomic E-state index is 11.9. The molecular weight excluding hydrogens is 221 g/mol. The van der Waals surface area contributed by atoms with Gasteiger partial charge in [0, 0.05) is 26.1 Å². The number of halogens is 3. The van der Waals surface area contributed by atoms with Crippen LogP contribution in [0.15, 0.2) is 0 Å². The Morgan fingerprint density at radius 2 is 2.19 bits per heavy atom. The summed E-state index contributed by atoms with van der Waals surface area (Å²) in [7, 11) is 1.42. The first-order chi connectivity index (χ1) is 7.38. The average molecular weight is 238 g/mol. The second kappa shape index (κ2) is 5.52. The largest absolute Gasteiger partial charge is 0.390 e. The number of hydrogen-bond donors (Lipinski definition) is 1. The highest BCUT2D eigenvalue weighted by atomic mass is 19.4. The SMILES string of the molecule is CN(CCC(F)(F)F)C(=O)CC1CCCN1. The van der Waals surface area contributed by atoms with Gasteiger partial charge in [-0.2, -0.15) is 13.2 Å². The Balaban J connectivity index is 2.24. The van der Waals surface area contributed by atoms with E-state index in [1.807, 2.05) is 0 Å². The van der Waals surface area contributed by atoms with Gasteiger partial charge in [0.25, 0.3) is 0 Å². The van der Waals surface area contributed by atoms with Gasteiger partial charge in [-0.15, -0.1) is 0 Å². The van der Waals surface area contributed by atoms with Crippen LogP contribution in [0.5, 0.6) is 0 Å². The minimum Gasteiger partial charge on any atom is -0.345 e. The molecular formula is C10H17F3N2O. The quantitative estimate of drug-likeness (QED) is 0.805. The Morgan fingerprint density at radius 3 is 2.69 bits per heavy atom. The van der Waals surface area contributed by atoms with E-state index in [-0.39, 0.29) is 18.5 Å². The van der Waals surface area contributed by atoms with E-state index in [0.717, 1.165) is 24.3 Å². The molecule has 16 heavy (non-hydrogen) atoms. The summed E-state index contributed by atoms with van der Waals surface area (Å²) in [6.07, 6.45) is -2.87. The highest BCUT2D eigenvalue weighted by Crippen LogP contribution is 2.19. The molecule has 6 heteroatoms. The zero-order valence-electron chi connectivity index (χ0n) is 9.31. The molecule has 1 saturated heterocycles. The van der Waals surface area contributed by atoms with Crippen LogP contribution < -0.4 is 5.32 Å². The molecule has 0 aromatic heterocycles. The molecule has 1 aliphatic rings. The van der Waals surface area contributed by atoms with Crippen molar-refractivity contribution in [1.82, 2.24) is 10.2 Å². The lowest BCUT2D eigenvalue weighted by Crippen LogP contribution is -2.35. The molecule has 94 valence electrons. The van der Waals surface area contributed by atoms with Crippen molar-refractivity contribution in [3.05, 3.63) is 0 Å². The second-order valence-electron chi connectivity index (χ2n) is 4.18. The normalized spacial score (nSPS) is 21.1. The molecule has 1 fully saturated rings. The first kappa shape index (κ1) is 13.3. The highest BCUT2D eigenvalue weighted by Gasteiger charge is 2.28. The predicted molar refractivity (Wildman–Crippen MR) is 54.0 cm³/mol. The fraction of sp³-hybridized carbons (Fsp3) is 0.900. The third-order valence-electron chi connectivity index (χ3n) is 2.74. The predicted octanol–water partition coefficient (Wildman–Crippen LogP) is 1.54. The molecule has 0 aromatic carbocycles. The molecule has 0 saturated carbocycles. The number of alkyl halides is 3. The molecule has 3 nitrogen and oxygen atoms in total. The van der Waals surface area contributed by atoms with Crippen molar-refractivity contribution in [1.29, 1.82) is 0 Å². The highest BCUT2D eigenvalue weighted by molar-refractivity contribution is 5.76. The van der Waals surface area contributed by atoms with Crippen LogP contribution in [0, 0.1) is 0 Å². The van der Waals surface area contributed by atoms with Crippen LogP contribution in [0.3, 0.4) is 0 Å². The molecule has 0 aliphatic carbocycles. The van der Waals surface area contributed by atoms with E-state index in [1.165, 1.54) is 7.05 Å². The topological polar surface area (TPSA) is 32.3 Å². The maximum Gasteiger partial charge on any atom is 0.390 e. The zero-order chi connectivity index (χ0) is 12.2. The van der Waals surface area contributed by atoms with Crippen LogP contribution >= 0.6 is 0 Å². The lowest BCUT2D eigenvalue weighted by atomic mass is 10.1. The van der Waals surface area contributed by atoms with Crippen LogP contribution in [0.4, 0.5) is 13.2 Å². The zero-order valence-corrected chi connectivity index (χ0v) is 9.31. The number of amides is 1. The van der Waals surface area contributed by atoms with Gasteiger partial charge in [0.05, 0.1) is 6.42 Å². The van der Waals surface area contributed by atoms with Crippen LogP contribution in [-0.2, 0) is 4.79 Å². The number of carbonyl (C=O) groups excluding carboxylic acids is 1. The van der Waals surface area contributed by atoms with Gasteiger partial charge in [0.1, 0.15) is 0 Å². The first-order valence-corrected chi connectivity index (χ1v) is 5.42. The van der Waals surface area contributed by atoms with Crippen LogP contribution in [0.2, 0.25) is 0 Å². The number of nitrogens with one attached hydrogen (secondary N) is 1. The molecule has 1 heterocycles. The van der Waals surface area contributed by atoms with Crippen molar-refractivity contribution in [2.45, 2.75) is 37.9 Å². The standard InChI is InChI=1S/C10H17F3N2O/c1-15(6-4-10(11,12)13)9(16)7-8-3-2-5-14-8/h8,14H,2-7H2,1H3. The van der Waals surface area contributed by atoms with E-state index in [0.29, 0.717) is 6.42 Å². The summed E-state index contributed by atoms with van der Waals surface area (Å²) in [5.74, 6) is -0.219. The minimum atomic E-state index is -4.19. The Bertz CT molecular complexity index is 237. The Kier molecular flexibility index (Phi) is 4.58. The van der Waals surface area contributed by atoms with E-state index in [2.05, 4.69) is 5.32 Å². The monoisotopic (exact) mass is 238 g/mol. The summed E-state index contributed by atoms with van der Waals surface area (Å²) < 4.78 is 35.8. The Hall–Kier alpha value is -0.780. The molecule has 1 rings (SSSR count). The van der Waals surface area contributed by atoms with E-state index in [4.69, 9.17) is 0 Å². The van der Waals surface area contributed by atoms with Gasteiger partial charge in [-0.05, 0) is 19.4 Å². The van der Waals surface area contributed by atoms with E-state index >= 15 is 0 Å². The first-order valence-electron chi connectivity index (χ1n) is 5.42. The second-order valence-corrected chi connectivity index (χ2v) is 4.18. The molecule has 1 atom stereocenters. The van der Waals surface area contributed by atoms with Crippen molar-refractivity contribution in [3.8, 4) is 0 Å². The number of carbonyl (C=O) groups is 1. The molecule has 1 unspecified atom stereocenters. The smallest absolute Gasteiger partial charge is 0.345 e. The maximum atomic E-state index is 11.9. The minimum absolute atomic E-state index is 0.140. The molecule has 1 aliphatic heterocycles. The number of nitrogens with zero attached hydrogens (tertiary/aromatic N) is 1. The van der Waals surface area contributed by atoms with Crippen molar-refractivity contribution in [2.75, 3.05) is 20.1 Å². The van der Waals surface area contributed by atoms with E-state index < -0.39 is 12.6 Å². The Labute approximate surface area is 93.0 Å². The molecule has 0 aromatic rings. The summed E-state index contributed by atoms with van der Waals surface area (Å²) in [5.41, 5.74) is 0. The lowest BCUT2D eigenvalue weighted by molar-refractivity contribution is -0.144. The summed E-state index contributed by atoms with van der Waals surface area (Å²) in [5, 5.41) is 3.14. The lowest BCUT2D eigenvalue weighted by Gasteiger charge is -2.20. The van der Waals surface area contributed by atoms with Gasteiger partial charge < -0.3 is 10.2 Å². The Morgan fingerprint density at radius 1 is 1.50 bits per heavy atom. The van der Waals surface area contributed by atoms with Gasteiger partial charge in [0.2, 0.25) is 5.91 Å². The van der Waals surface area contributed by atoms with Crippen molar-refractivity contribution in [2.24, 2.45) is 0 Å².